The second-order valence-electron chi connectivity index (χ2n) is 22.6. The molecule has 6 aromatic carbocycles. The summed E-state index contributed by atoms with van der Waals surface area (Å²) >= 11 is -7.86. The molecule has 3 heteroatoms. The molecular formula is C60H78OSn2. The monoisotopic (exact) mass is 1050 g/mol. The molecule has 0 atom stereocenters. The van der Waals surface area contributed by atoms with E-state index in [9.17, 15) is 0 Å². The van der Waals surface area contributed by atoms with Gasteiger partial charge in [-0.1, -0.05) is 0 Å². The zero-order chi connectivity index (χ0) is 47.0. The molecule has 63 heavy (non-hydrogen) atoms. The van der Waals surface area contributed by atoms with E-state index in [0.717, 1.165) is 0 Å². The van der Waals surface area contributed by atoms with Gasteiger partial charge in [0.25, 0.3) is 0 Å². The van der Waals surface area contributed by atoms with Crippen LogP contribution in [0.15, 0.2) is 72.8 Å². The summed E-state index contributed by atoms with van der Waals surface area (Å²) in [7, 11) is 0. The Kier molecular flexibility index (Phi) is 13.8. The van der Waals surface area contributed by atoms with Gasteiger partial charge in [0.15, 0.2) is 0 Å². The Morgan fingerprint density at radius 1 is 0.302 bits per heavy atom. The molecule has 0 fully saturated rings. The first kappa shape index (κ1) is 49.3. The second kappa shape index (κ2) is 17.6. The normalized spacial score (nSPS) is 12.7. The van der Waals surface area contributed by atoms with Crippen LogP contribution in [0.4, 0.5) is 0 Å². The van der Waals surface area contributed by atoms with Crippen LogP contribution in [-0.2, 0) is 12.2 Å². The maximum atomic E-state index is 8.53. The molecule has 0 heterocycles. The van der Waals surface area contributed by atoms with Crippen LogP contribution in [0.25, 0.3) is 44.5 Å². The molecule has 0 bridgehead atoms. The van der Waals surface area contributed by atoms with Crippen molar-refractivity contribution in [2.45, 2.75) is 155 Å². The van der Waals surface area contributed by atoms with E-state index in [4.69, 9.17) is 1.41 Å². The third kappa shape index (κ3) is 9.88. The van der Waals surface area contributed by atoms with Crippen molar-refractivity contribution in [3.05, 3.63) is 151 Å². The fraction of sp³-hybridized carbons (Fsp3) is 0.400. The summed E-state index contributed by atoms with van der Waals surface area (Å²) in [4.78, 5) is 10.4. The summed E-state index contributed by atoms with van der Waals surface area (Å²) in [6.07, 6.45) is 0. The minimum atomic E-state index is -3.93. The number of rotatable bonds is 8. The molecule has 0 N–H and O–H groups in total. The molecule has 0 spiro atoms. The van der Waals surface area contributed by atoms with Crippen LogP contribution in [0.2, 0.25) is 19.8 Å². The molecule has 332 valence electrons. The number of hydrogen-bond donors (Lipinski definition) is 0. The van der Waals surface area contributed by atoms with Crippen molar-refractivity contribution in [3.8, 4) is 44.5 Å². The second-order valence-corrected chi connectivity index (χ2v) is 47.2. The van der Waals surface area contributed by atoms with Crippen LogP contribution in [0.1, 0.15) is 119 Å². The van der Waals surface area contributed by atoms with Crippen LogP contribution in [0.5, 0.6) is 0 Å². The van der Waals surface area contributed by atoms with Gasteiger partial charge in [0, 0.05) is 0 Å². The molecule has 0 amide bonds. The van der Waals surface area contributed by atoms with Gasteiger partial charge in [-0.05, 0) is 0 Å². The molecule has 0 aliphatic rings. The van der Waals surface area contributed by atoms with E-state index in [1.54, 1.807) is 0 Å². The maximum absolute atomic E-state index is 8.53. The summed E-state index contributed by atoms with van der Waals surface area (Å²) < 4.78 is 11.5. The van der Waals surface area contributed by atoms with Crippen molar-refractivity contribution in [2.24, 2.45) is 0 Å². The van der Waals surface area contributed by atoms with Gasteiger partial charge in [-0.2, -0.15) is 0 Å². The van der Waals surface area contributed by atoms with E-state index in [1.165, 1.54) is 130 Å². The quantitative estimate of drug-likeness (QED) is 0.138. The molecule has 6 rings (SSSR count). The van der Waals surface area contributed by atoms with Gasteiger partial charge in [0.2, 0.25) is 0 Å². The van der Waals surface area contributed by atoms with Crippen LogP contribution >= 0.6 is 0 Å². The Hall–Kier alpha value is -3.12. The van der Waals surface area contributed by atoms with Crippen molar-refractivity contribution in [3.63, 3.8) is 0 Å². The van der Waals surface area contributed by atoms with E-state index in [2.05, 4.69) is 217 Å². The van der Waals surface area contributed by atoms with Crippen molar-refractivity contribution in [1.29, 1.82) is 0 Å². The van der Waals surface area contributed by atoms with Crippen LogP contribution in [0.3, 0.4) is 0 Å². The molecule has 0 aliphatic carbocycles. The third-order valence-electron chi connectivity index (χ3n) is 13.5. The average molecular weight is 1050 g/mol. The van der Waals surface area contributed by atoms with Gasteiger partial charge < -0.3 is 0 Å². The number of hydrogen-bond acceptors (Lipinski definition) is 1. The molecule has 6 aromatic rings. The fourth-order valence-corrected chi connectivity index (χ4v) is 53.6. The number of aryl methyl sites for hydroxylation is 12. The Morgan fingerprint density at radius 2 is 0.476 bits per heavy atom. The van der Waals surface area contributed by atoms with E-state index in [-0.39, 0.29) is 10.8 Å². The van der Waals surface area contributed by atoms with Crippen molar-refractivity contribution in [2.75, 3.05) is 0 Å². The predicted molar refractivity (Wildman–Crippen MR) is 284 cm³/mol. The molecule has 0 unspecified atom stereocenters. The Labute approximate surface area is 393 Å². The first-order valence-electron chi connectivity index (χ1n) is 23.3. The molecule has 0 aromatic heterocycles. The third-order valence-corrected chi connectivity index (χ3v) is 45.9. The van der Waals surface area contributed by atoms with Crippen LogP contribution in [0, 0.1) is 83.1 Å². The minimum absolute atomic E-state index is 0.0494. The zero-order valence-corrected chi connectivity index (χ0v) is 49.0. The van der Waals surface area contributed by atoms with E-state index in [0.29, 0.717) is 0 Å². The molecule has 0 saturated heterocycles. The van der Waals surface area contributed by atoms with Gasteiger partial charge in [-0.15, -0.1) is 0 Å². The van der Waals surface area contributed by atoms with E-state index >= 15 is 0 Å². The summed E-state index contributed by atoms with van der Waals surface area (Å²) in [5.74, 6) is 0. The van der Waals surface area contributed by atoms with E-state index in [1.807, 2.05) is 0 Å². The molecule has 0 radical (unpaired) electrons. The molecule has 0 saturated carbocycles. The molecule has 0 aliphatic heterocycles. The number of benzene rings is 6. The SMILES string of the molecule is Cc1cc(C)c(-c2cc(C(C)(C)C)cc(-c3c(C)cc(C)cc3C)[c]2[Sn]([CH3])([CH3])[O][Sn]([CH3])([CH3])[c]2c(-c3c(C)cc(C)cc3C)cc(C(C)(C)C)cc2-c2c(C)cc(C)cc2C)c(C)c1. The summed E-state index contributed by atoms with van der Waals surface area (Å²) in [6, 6.07) is 29.4. The average Bonchev–Trinajstić information content (AvgIpc) is 3.08. The Balaban J connectivity index is 1.80. The van der Waals surface area contributed by atoms with Gasteiger partial charge in [0.1, 0.15) is 0 Å². The molecular weight excluding hydrogens is 974 g/mol. The zero-order valence-electron chi connectivity index (χ0n) is 43.3. The van der Waals surface area contributed by atoms with E-state index < -0.39 is 37.6 Å². The molecule has 1 nitrogen and oxygen atoms in total. The topological polar surface area (TPSA) is 9.23 Å². The van der Waals surface area contributed by atoms with Gasteiger partial charge in [-0.25, -0.2) is 0 Å². The van der Waals surface area contributed by atoms with Gasteiger partial charge >= 0.3 is 397 Å². The van der Waals surface area contributed by atoms with Crippen molar-refractivity contribution < 1.29 is 1.41 Å². The van der Waals surface area contributed by atoms with Crippen molar-refractivity contribution in [1.82, 2.24) is 0 Å². The first-order valence-corrected chi connectivity index (χ1v) is 39.9. The van der Waals surface area contributed by atoms with Gasteiger partial charge in [-0.3, -0.25) is 0 Å². The summed E-state index contributed by atoms with van der Waals surface area (Å²) in [6.45, 7) is 41.8. The van der Waals surface area contributed by atoms with Crippen molar-refractivity contribution >= 4 is 44.7 Å². The summed E-state index contributed by atoms with van der Waals surface area (Å²) in [5.41, 5.74) is 29.6. The van der Waals surface area contributed by atoms with Crippen LogP contribution in [-0.4, -0.2) is 37.6 Å². The summed E-state index contributed by atoms with van der Waals surface area (Å²) in [5, 5.41) is 0. The first-order chi connectivity index (χ1) is 28.9. The Bertz CT molecular complexity index is 2340. The standard InChI is InChI=1S/2C28H33.4CH3.O.2Sn/c2*1-17-10-19(3)26(20(4)11-17)23-14-24(16-25(15-23)28(7,8)9)27-21(5)12-18(2)13-22(27)6;;;;;;;/h2*10-13,15-16H,1-9H3;4*1H3;;;. The van der Waals surface area contributed by atoms with Gasteiger partial charge in [0.05, 0.1) is 0 Å². The fourth-order valence-electron chi connectivity index (χ4n) is 11.4. The predicted octanol–water partition coefficient (Wildman–Crippen LogP) is 16.2. The Morgan fingerprint density at radius 3 is 0.635 bits per heavy atom. The van der Waals surface area contributed by atoms with Crippen LogP contribution < -0.4 is 7.16 Å².